The number of fused-ring (bicyclic) bond motifs is 4. The number of rotatable bonds is 4. The summed E-state index contributed by atoms with van der Waals surface area (Å²) in [7, 11) is 0. The first-order chi connectivity index (χ1) is 18.5. The van der Waals surface area contributed by atoms with Crippen molar-refractivity contribution in [3.05, 3.63) is 66.8 Å². The van der Waals surface area contributed by atoms with Crippen LogP contribution in [-0.4, -0.2) is 46.1 Å². The maximum absolute atomic E-state index is 12.9. The highest BCUT2D eigenvalue weighted by Crippen LogP contribution is 2.57. The summed E-state index contributed by atoms with van der Waals surface area (Å²) in [6, 6.07) is 10.0. The van der Waals surface area contributed by atoms with Gasteiger partial charge in [-0.2, -0.15) is 5.10 Å². The molecule has 0 radical (unpaired) electrons. The van der Waals surface area contributed by atoms with Gasteiger partial charge in [-0.25, -0.2) is 15.0 Å². The number of hydrogen-bond acceptors (Lipinski definition) is 8. The van der Waals surface area contributed by atoms with Crippen molar-refractivity contribution in [2.75, 3.05) is 5.73 Å². The first kappa shape index (κ1) is 22.3. The SMILES string of the molecule is C#Cc1c(-c2cnc3ccccc3c2)c2c(N)ncnc2n1C12CCC(NC(=O)c3nccnn3)(CC1)C2. The lowest BCUT2D eigenvalue weighted by Crippen LogP contribution is -2.45. The van der Waals surface area contributed by atoms with E-state index in [2.05, 4.69) is 52.0 Å². The normalized spacial score (nSPS) is 22.1. The van der Waals surface area contributed by atoms with E-state index in [1.807, 2.05) is 30.5 Å². The second kappa shape index (κ2) is 8.05. The van der Waals surface area contributed by atoms with Crippen molar-refractivity contribution in [2.45, 2.75) is 43.2 Å². The molecule has 2 aliphatic carbocycles. The maximum atomic E-state index is 12.9. The van der Waals surface area contributed by atoms with E-state index >= 15 is 0 Å². The van der Waals surface area contributed by atoms with Crippen molar-refractivity contribution in [1.82, 2.24) is 40.0 Å². The molecule has 10 nitrogen and oxygen atoms in total. The van der Waals surface area contributed by atoms with Crippen LogP contribution in [0.5, 0.6) is 0 Å². The fourth-order valence-electron chi connectivity index (χ4n) is 6.52. The van der Waals surface area contributed by atoms with Crippen LogP contribution in [0.2, 0.25) is 0 Å². The molecule has 0 spiro atoms. The van der Waals surface area contributed by atoms with Crippen molar-refractivity contribution in [2.24, 2.45) is 0 Å². The van der Waals surface area contributed by atoms with Gasteiger partial charge in [0.2, 0.25) is 5.82 Å². The molecule has 2 bridgehead atoms. The monoisotopic (exact) mass is 501 g/mol. The van der Waals surface area contributed by atoms with E-state index in [0.29, 0.717) is 23.6 Å². The Kier molecular flexibility index (Phi) is 4.72. The predicted octanol–water partition coefficient (Wildman–Crippen LogP) is 3.24. The highest BCUT2D eigenvalue weighted by atomic mass is 16.2. The van der Waals surface area contributed by atoms with Crippen LogP contribution < -0.4 is 11.1 Å². The predicted molar refractivity (Wildman–Crippen MR) is 142 cm³/mol. The van der Waals surface area contributed by atoms with Gasteiger partial charge in [0.15, 0.2) is 0 Å². The van der Waals surface area contributed by atoms with E-state index in [9.17, 15) is 4.79 Å². The number of nitrogens with zero attached hydrogens (tertiary/aromatic N) is 7. The molecule has 1 aromatic carbocycles. The van der Waals surface area contributed by atoms with E-state index in [-0.39, 0.29) is 22.8 Å². The zero-order valence-electron chi connectivity index (χ0n) is 20.4. The van der Waals surface area contributed by atoms with Gasteiger partial charge >= 0.3 is 0 Å². The van der Waals surface area contributed by atoms with Crippen molar-refractivity contribution >= 4 is 33.7 Å². The summed E-state index contributed by atoms with van der Waals surface area (Å²) in [5, 5.41) is 12.6. The minimum absolute atomic E-state index is 0.0635. The van der Waals surface area contributed by atoms with Crippen LogP contribution in [0, 0.1) is 12.3 Å². The molecule has 0 atom stereocenters. The summed E-state index contributed by atoms with van der Waals surface area (Å²) >= 11 is 0. The molecule has 4 aromatic heterocycles. The highest BCUT2D eigenvalue weighted by molar-refractivity contribution is 6.04. The number of carbonyl (C=O) groups excluding carboxylic acids is 1. The number of pyridine rings is 1. The Morgan fingerprint density at radius 1 is 1.08 bits per heavy atom. The van der Waals surface area contributed by atoms with Gasteiger partial charge in [0, 0.05) is 40.0 Å². The number of nitrogen functional groups attached to an aromatic ring is 1. The average molecular weight is 502 g/mol. The van der Waals surface area contributed by atoms with Gasteiger partial charge in [0.05, 0.1) is 17.1 Å². The molecule has 10 heteroatoms. The number of amides is 1. The van der Waals surface area contributed by atoms with Gasteiger partial charge in [0.25, 0.3) is 5.91 Å². The Labute approximate surface area is 217 Å². The molecule has 4 heterocycles. The Morgan fingerprint density at radius 3 is 2.71 bits per heavy atom. The minimum Gasteiger partial charge on any atom is -0.383 e. The van der Waals surface area contributed by atoms with Crippen LogP contribution in [0.1, 0.15) is 48.4 Å². The number of anilines is 1. The Balaban J connectivity index is 1.37. The number of benzene rings is 1. The molecule has 7 rings (SSSR count). The van der Waals surface area contributed by atoms with Gasteiger partial charge in [0.1, 0.15) is 23.5 Å². The third-order valence-corrected chi connectivity index (χ3v) is 8.14. The molecule has 2 saturated carbocycles. The van der Waals surface area contributed by atoms with Crippen molar-refractivity contribution in [3.8, 4) is 23.5 Å². The van der Waals surface area contributed by atoms with Crippen molar-refractivity contribution in [1.29, 1.82) is 0 Å². The maximum Gasteiger partial charge on any atom is 0.291 e. The zero-order valence-corrected chi connectivity index (χ0v) is 20.4. The molecule has 0 saturated heterocycles. The lowest BCUT2D eigenvalue weighted by Gasteiger charge is -2.30. The number of para-hydroxylation sites is 1. The Hall–Kier alpha value is -4.91. The summed E-state index contributed by atoms with van der Waals surface area (Å²) in [4.78, 5) is 30.7. The number of terminal acetylenes is 1. The molecule has 2 fully saturated rings. The van der Waals surface area contributed by atoms with Crippen molar-refractivity contribution < 1.29 is 4.79 Å². The van der Waals surface area contributed by atoms with Crippen LogP contribution in [-0.2, 0) is 5.54 Å². The first-order valence-corrected chi connectivity index (χ1v) is 12.5. The van der Waals surface area contributed by atoms with Gasteiger partial charge < -0.3 is 15.6 Å². The fourth-order valence-corrected chi connectivity index (χ4v) is 6.52. The second-order valence-electron chi connectivity index (χ2n) is 10.2. The average Bonchev–Trinajstić information content (AvgIpc) is 3.62. The minimum atomic E-state index is -0.387. The van der Waals surface area contributed by atoms with Gasteiger partial charge in [-0.15, -0.1) is 11.5 Å². The van der Waals surface area contributed by atoms with Crippen LogP contribution in [0.15, 0.2) is 55.2 Å². The third kappa shape index (κ3) is 3.18. The van der Waals surface area contributed by atoms with Crippen molar-refractivity contribution in [3.63, 3.8) is 0 Å². The van der Waals surface area contributed by atoms with Crippen LogP contribution in [0.25, 0.3) is 33.1 Å². The lowest BCUT2D eigenvalue weighted by molar-refractivity contribution is 0.0889. The zero-order chi connectivity index (χ0) is 25.9. The molecule has 186 valence electrons. The van der Waals surface area contributed by atoms with E-state index in [0.717, 1.165) is 53.1 Å². The smallest absolute Gasteiger partial charge is 0.291 e. The summed E-state index contributed by atoms with van der Waals surface area (Å²) < 4.78 is 2.17. The summed E-state index contributed by atoms with van der Waals surface area (Å²) in [5.74, 6) is 3.07. The number of carbonyl (C=O) groups is 1. The second-order valence-corrected chi connectivity index (χ2v) is 10.2. The Morgan fingerprint density at radius 2 is 1.92 bits per heavy atom. The molecular weight excluding hydrogens is 478 g/mol. The van der Waals surface area contributed by atoms with Gasteiger partial charge in [-0.05, 0) is 44.2 Å². The molecule has 0 unspecified atom stereocenters. The molecule has 5 aromatic rings. The highest BCUT2D eigenvalue weighted by Gasteiger charge is 2.57. The van der Waals surface area contributed by atoms with E-state index in [1.54, 1.807) is 0 Å². The van der Waals surface area contributed by atoms with Gasteiger partial charge in [-0.1, -0.05) is 24.1 Å². The van der Waals surface area contributed by atoms with Crippen LogP contribution >= 0.6 is 0 Å². The first-order valence-electron chi connectivity index (χ1n) is 12.5. The number of hydrogen-bond donors (Lipinski definition) is 2. The van der Waals surface area contributed by atoms with E-state index < -0.39 is 0 Å². The Bertz CT molecular complexity index is 1780. The van der Waals surface area contributed by atoms with E-state index in [4.69, 9.17) is 12.2 Å². The summed E-state index contributed by atoms with van der Waals surface area (Å²) in [6.45, 7) is 0. The van der Waals surface area contributed by atoms with Crippen LogP contribution in [0.3, 0.4) is 0 Å². The largest absolute Gasteiger partial charge is 0.383 e. The molecular formula is C28H23N9O. The number of nitrogens with two attached hydrogens (primary N) is 1. The molecule has 38 heavy (non-hydrogen) atoms. The lowest BCUT2D eigenvalue weighted by atomic mass is 9.90. The fraction of sp³-hybridized carbons (Fsp3) is 0.250. The molecule has 0 aliphatic heterocycles. The number of nitrogens with one attached hydrogen (secondary N) is 1. The molecule has 3 N–H and O–H groups in total. The number of aromatic nitrogens is 7. The summed E-state index contributed by atoms with van der Waals surface area (Å²) in [6.07, 6.45) is 16.4. The van der Waals surface area contributed by atoms with Crippen LogP contribution in [0.4, 0.5) is 5.82 Å². The van der Waals surface area contributed by atoms with E-state index in [1.165, 1.54) is 18.7 Å². The standard InChI is InChI=1S/C28H23N9O/c1-2-20-21(18-13-17-5-3-4-6-19(17)31-14-18)22-23(29)32-16-33-25(22)37(20)28-9-7-27(15-28,8-10-28)35-26(38)24-30-11-12-34-36-24/h1,3-6,11-14,16H,7-10,15H2,(H,35,38)(H2,29,32,33). The van der Waals surface area contributed by atoms with Gasteiger partial charge in [-0.3, -0.25) is 9.78 Å². The summed E-state index contributed by atoms with van der Waals surface area (Å²) in [5.41, 5.74) is 9.72. The molecule has 1 amide bonds. The topological polar surface area (TPSA) is 137 Å². The third-order valence-electron chi connectivity index (χ3n) is 8.14. The molecule has 2 aliphatic rings. The quantitative estimate of drug-likeness (QED) is 0.358.